The molecular formula is C23H29NO4S. The van der Waals surface area contributed by atoms with E-state index in [0.717, 1.165) is 16.9 Å². The summed E-state index contributed by atoms with van der Waals surface area (Å²) >= 11 is 1.12. The highest BCUT2D eigenvalue weighted by Crippen LogP contribution is 2.34. The van der Waals surface area contributed by atoms with Gasteiger partial charge < -0.3 is 10.1 Å². The van der Waals surface area contributed by atoms with Crippen molar-refractivity contribution in [2.75, 3.05) is 11.9 Å². The molecule has 0 aliphatic carbocycles. The molecule has 2 aromatic rings. The number of Topliss-reactive ketones (excluding diaryl/α,β-unsaturated/α-hetero) is 1. The Morgan fingerprint density at radius 3 is 2.24 bits per heavy atom. The number of benzene rings is 1. The Bertz CT molecular complexity index is 904. The topological polar surface area (TPSA) is 72.5 Å². The molecular weight excluding hydrogens is 386 g/mol. The normalized spacial score (nSPS) is 11.2. The summed E-state index contributed by atoms with van der Waals surface area (Å²) in [6, 6.07) is 8.27. The van der Waals surface area contributed by atoms with Gasteiger partial charge in [0.05, 0.1) is 17.0 Å². The number of aryl methyl sites for hydroxylation is 1. The SMILES string of the molecule is CCOC(=O)c1c(NC(=O)CCc2ccc(C(C)(C)C)cc2)sc(C(C)=O)c1C. The highest BCUT2D eigenvalue weighted by molar-refractivity contribution is 7.18. The molecule has 0 radical (unpaired) electrons. The lowest BCUT2D eigenvalue weighted by Crippen LogP contribution is -2.15. The van der Waals surface area contributed by atoms with Crippen LogP contribution in [0.2, 0.25) is 0 Å². The van der Waals surface area contributed by atoms with Gasteiger partial charge >= 0.3 is 5.97 Å². The summed E-state index contributed by atoms with van der Waals surface area (Å²) in [4.78, 5) is 37.1. The molecule has 0 saturated carbocycles. The Balaban J connectivity index is 2.11. The first-order valence-corrected chi connectivity index (χ1v) is 10.6. The smallest absolute Gasteiger partial charge is 0.341 e. The van der Waals surface area contributed by atoms with E-state index in [1.807, 2.05) is 12.1 Å². The standard InChI is InChI=1S/C23H29NO4S/c1-7-28-22(27)19-14(2)20(15(3)25)29-21(19)24-18(26)13-10-16-8-11-17(12-9-16)23(4,5)6/h8-9,11-12H,7,10,13H2,1-6H3,(H,24,26). The zero-order valence-electron chi connectivity index (χ0n) is 18.0. The highest BCUT2D eigenvalue weighted by atomic mass is 32.1. The van der Waals surface area contributed by atoms with Gasteiger partial charge in [-0.1, -0.05) is 45.0 Å². The maximum atomic E-state index is 12.5. The van der Waals surface area contributed by atoms with Gasteiger partial charge in [0.25, 0.3) is 0 Å². The Labute approximate surface area is 176 Å². The number of esters is 1. The van der Waals surface area contributed by atoms with Crippen molar-refractivity contribution in [2.45, 2.75) is 59.8 Å². The van der Waals surface area contributed by atoms with Crippen molar-refractivity contribution in [3.05, 3.63) is 51.4 Å². The third-order valence-corrected chi connectivity index (χ3v) is 5.97. The number of nitrogens with one attached hydrogen (secondary N) is 1. The number of hydrogen-bond acceptors (Lipinski definition) is 5. The number of amides is 1. The molecule has 1 amide bonds. The van der Waals surface area contributed by atoms with Crippen molar-refractivity contribution in [1.82, 2.24) is 0 Å². The van der Waals surface area contributed by atoms with Gasteiger partial charge in [0, 0.05) is 6.42 Å². The maximum Gasteiger partial charge on any atom is 0.341 e. The quantitative estimate of drug-likeness (QED) is 0.492. The lowest BCUT2D eigenvalue weighted by molar-refractivity contribution is -0.116. The number of ketones is 1. The zero-order valence-corrected chi connectivity index (χ0v) is 18.8. The summed E-state index contributed by atoms with van der Waals surface area (Å²) in [5, 5.41) is 3.17. The van der Waals surface area contributed by atoms with E-state index in [1.165, 1.54) is 12.5 Å². The van der Waals surface area contributed by atoms with Gasteiger partial charge in [0.2, 0.25) is 5.91 Å². The van der Waals surface area contributed by atoms with Crippen LogP contribution in [-0.2, 0) is 21.4 Å². The zero-order chi connectivity index (χ0) is 21.8. The van der Waals surface area contributed by atoms with Crippen molar-refractivity contribution in [2.24, 2.45) is 0 Å². The van der Waals surface area contributed by atoms with E-state index in [9.17, 15) is 14.4 Å². The lowest BCUT2D eigenvalue weighted by atomic mass is 9.86. The maximum absolute atomic E-state index is 12.5. The molecule has 2 rings (SSSR count). The number of rotatable bonds is 7. The van der Waals surface area contributed by atoms with Gasteiger partial charge in [-0.15, -0.1) is 11.3 Å². The molecule has 1 heterocycles. The van der Waals surface area contributed by atoms with Crippen LogP contribution in [0.5, 0.6) is 0 Å². The van der Waals surface area contributed by atoms with Crippen LogP contribution in [0.4, 0.5) is 5.00 Å². The predicted octanol–water partition coefficient (Wildman–Crippen LogP) is 5.30. The Kier molecular flexibility index (Phi) is 7.36. The van der Waals surface area contributed by atoms with Crippen LogP contribution in [0, 0.1) is 6.92 Å². The summed E-state index contributed by atoms with van der Waals surface area (Å²) in [7, 11) is 0. The molecule has 0 spiro atoms. The number of hydrogen-bond donors (Lipinski definition) is 1. The van der Waals surface area contributed by atoms with E-state index in [1.54, 1.807) is 13.8 Å². The molecule has 0 aliphatic rings. The molecule has 1 aromatic heterocycles. The summed E-state index contributed by atoms with van der Waals surface area (Å²) < 4.78 is 5.10. The number of thiophene rings is 1. The molecule has 0 unspecified atom stereocenters. The minimum Gasteiger partial charge on any atom is -0.462 e. The van der Waals surface area contributed by atoms with E-state index >= 15 is 0 Å². The number of carbonyl (C=O) groups is 3. The average Bonchev–Trinajstić information content (AvgIpc) is 2.96. The molecule has 29 heavy (non-hydrogen) atoms. The van der Waals surface area contributed by atoms with Crippen molar-refractivity contribution < 1.29 is 19.1 Å². The van der Waals surface area contributed by atoms with Gasteiger partial charge in [0.15, 0.2) is 5.78 Å². The molecule has 1 N–H and O–H groups in total. The van der Waals surface area contributed by atoms with E-state index < -0.39 is 5.97 Å². The van der Waals surface area contributed by atoms with E-state index in [4.69, 9.17) is 4.74 Å². The summed E-state index contributed by atoms with van der Waals surface area (Å²) in [5.74, 6) is -0.869. The number of anilines is 1. The molecule has 6 heteroatoms. The van der Waals surface area contributed by atoms with Gasteiger partial charge in [-0.3, -0.25) is 9.59 Å². The first kappa shape index (κ1) is 22.8. The predicted molar refractivity (Wildman–Crippen MR) is 117 cm³/mol. The lowest BCUT2D eigenvalue weighted by Gasteiger charge is -2.19. The molecule has 156 valence electrons. The fourth-order valence-electron chi connectivity index (χ4n) is 3.00. The minimum atomic E-state index is -0.526. The van der Waals surface area contributed by atoms with E-state index in [-0.39, 0.29) is 35.7 Å². The molecule has 0 aliphatic heterocycles. The molecule has 1 aromatic carbocycles. The fourth-order valence-corrected chi connectivity index (χ4v) is 4.11. The Morgan fingerprint density at radius 2 is 1.72 bits per heavy atom. The van der Waals surface area contributed by atoms with Crippen LogP contribution < -0.4 is 5.32 Å². The minimum absolute atomic E-state index is 0.0881. The van der Waals surface area contributed by atoms with Crippen LogP contribution >= 0.6 is 11.3 Å². The van der Waals surface area contributed by atoms with Crippen molar-refractivity contribution in [1.29, 1.82) is 0 Å². The number of ether oxygens (including phenoxy) is 1. The Hall–Kier alpha value is -2.47. The monoisotopic (exact) mass is 415 g/mol. The van der Waals surface area contributed by atoms with Gasteiger partial charge in [-0.2, -0.15) is 0 Å². The third kappa shape index (κ3) is 5.76. The summed E-state index contributed by atoms with van der Waals surface area (Å²) in [6.07, 6.45) is 0.873. The molecule has 5 nitrogen and oxygen atoms in total. The first-order valence-electron chi connectivity index (χ1n) is 9.75. The van der Waals surface area contributed by atoms with Crippen LogP contribution in [0.1, 0.15) is 77.8 Å². The van der Waals surface area contributed by atoms with Gasteiger partial charge in [-0.25, -0.2) is 4.79 Å². The average molecular weight is 416 g/mol. The van der Waals surface area contributed by atoms with Crippen LogP contribution in [0.3, 0.4) is 0 Å². The highest BCUT2D eigenvalue weighted by Gasteiger charge is 2.25. The third-order valence-electron chi connectivity index (χ3n) is 4.66. The Morgan fingerprint density at radius 1 is 1.10 bits per heavy atom. The van der Waals surface area contributed by atoms with Crippen LogP contribution in [-0.4, -0.2) is 24.3 Å². The first-order chi connectivity index (χ1) is 13.5. The summed E-state index contributed by atoms with van der Waals surface area (Å²) in [6.45, 7) is 11.6. The van der Waals surface area contributed by atoms with E-state index in [2.05, 4.69) is 38.2 Å². The number of carbonyl (C=O) groups excluding carboxylic acids is 3. The van der Waals surface area contributed by atoms with Gasteiger partial charge in [-0.05, 0) is 49.3 Å². The second-order valence-corrected chi connectivity index (χ2v) is 9.05. The fraction of sp³-hybridized carbons (Fsp3) is 0.435. The summed E-state index contributed by atoms with van der Waals surface area (Å²) in [5.41, 5.74) is 3.23. The van der Waals surface area contributed by atoms with Crippen molar-refractivity contribution in [3.63, 3.8) is 0 Å². The molecule has 0 atom stereocenters. The second kappa shape index (κ2) is 9.35. The molecule has 0 fully saturated rings. The molecule has 0 saturated heterocycles. The van der Waals surface area contributed by atoms with Crippen molar-refractivity contribution >= 4 is 34.0 Å². The second-order valence-electron chi connectivity index (χ2n) is 8.03. The molecule has 0 bridgehead atoms. The van der Waals surface area contributed by atoms with Crippen LogP contribution in [0.15, 0.2) is 24.3 Å². The largest absolute Gasteiger partial charge is 0.462 e. The van der Waals surface area contributed by atoms with Gasteiger partial charge in [0.1, 0.15) is 5.00 Å². The van der Waals surface area contributed by atoms with Crippen molar-refractivity contribution in [3.8, 4) is 0 Å². The van der Waals surface area contributed by atoms with E-state index in [0.29, 0.717) is 21.9 Å². The van der Waals surface area contributed by atoms with Crippen LogP contribution in [0.25, 0.3) is 0 Å².